The first-order valence-corrected chi connectivity index (χ1v) is 6.23. The summed E-state index contributed by atoms with van der Waals surface area (Å²) < 4.78 is 7.31. The fourth-order valence-corrected chi connectivity index (χ4v) is 2.66. The van der Waals surface area contributed by atoms with Gasteiger partial charge in [-0.05, 0) is 38.2 Å². The molecule has 0 aromatic carbocycles. The van der Waals surface area contributed by atoms with Crippen molar-refractivity contribution in [1.29, 1.82) is 0 Å². The Bertz CT molecular complexity index is 392. The molecule has 0 spiro atoms. The number of ether oxygens (including phenoxy) is 1. The van der Waals surface area contributed by atoms with E-state index in [1.54, 1.807) is 13.3 Å². The molecule has 4 nitrogen and oxygen atoms in total. The third-order valence-corrected chi connectivity index (χ3v) is 3.84. The monoisotopic (exact) mass is 236 g/mol. The van der Waals surface area contributed by atoms with Gasteiger partial charge in [-0.3, -0.25) is 9.48 Å². The van der Waals surface area contributed by atoms with Crippen LogP contribution >= 0.6 is 0 Å². The van der Waals surface area contributed by atoms with Crippen molar-refractivity contribution in [3.8, 4) is 0 Å². The molecule has 0 aliphatic heterocycles. The van der Waals surface area contributed by atoms with Gasteiger partial charge in [0.05, 0.1) is 0 Å². The topological polar surface area (TPSA) is 44.1 Å². The van der Waals surface area contributed by atoms with Gasteiger partial charge in [0, 0.05) is 32.5 Å². The lowest BCUT2D eigenvalue weighted by Crippen LogP contribution is -2.37. The highest BCUT2D eigenvalue weighted by molar-refractivity contribution is 5.87. The van der Waals surface area contributed by atoms with Crippen LogP contribution in [0.2, 0.25) is 0 Å². The van der Waals surface area contributed by atoms with E-state index >= 15 is 0 Å². The number of carbonyl (C=O) groups excluding carboxylic acids is 1. The number of rotatable bonds is 5. The van der Waals surface area contributed by atoms with Gasteiger partial charge in [0.1, 0.15) is 5.60 Å². The predicted molar refractivity (Wildman–Crippen MR) is 64.7 cm³/mol. The maximum absolute atomic E-state index is 12.3. The molecule has 17 heavy (non-hydrogen) atoms. The Labute approximate surface area is 102 Å². The molecule has 1 aliphatic rings. The highest BCUT2D eigenvalue weighted by Crippen LogP contribution is 2.34. The van der Waals surface area contributed by atoms with E-state index in [4.69, 9.17) is 4.74 Å². The average molecular weight is 236 g/mol. The van der Waals surface area contributed by atoms with Crippen molar-refractivity contribution < 1.29 is 9.53 Å². The number of hydrogen-bond acceptors (Lipinski definition) is 3. The smallest absolute Gasteiger partial charge is 0.164 e. The zero-order valence-electron chi connectivity index (χ0n) is 10.6. The second-order valence-electron chi connectivity index (χ2n) is 4.77. The zero-order chi connectivity index (χ0) is 12.3. The highest BCUT2D eigenvalue weighted by atomic mass is 16.5. The quantitative estimate of drug-likeness (QED) is 0.784. The molecular weight excluding hydrogens is 216 g/mol. The molecule has 0 atom stereocenters. The van der Waals surface area contributed by atoms with Gasteiger partial charge in [-0.1, -0.05) is 0 Å². The maximum Gasteiger partial charge on any atom is 0.164 e. The largest absolute Gasteiger partial charge is 0.370 e. The number of methoxy groups -OCH3 is 1. The second kappa shape index (κ2) is 5.00. The summed E-state index contributed by atoms with van der Waals surface area (Å²) in [5.41, 5.74) is 0.612. The summed E-state index contributed by atoms with van der Waals surface area (Å²) in [5.74, 6) is 0.249. The Morgan fingerprint density at radius 2 is 2.24 bits per heavy atom. The van der Waals surface area contributed by atoms with E-state index in [1.165, 1.54) is 0 Å². The highest BCUT2D eigenvalue weighted by Gasteiger charge is 2.40. The van der Waals surface area contributed by atoms with Crippen LogP contribution in [0.4, 0.5) is 0 Å². The van der Waals surface area contributed by atoms with Crippen LogP contribution in [-0.4, -0.2) is 28.3 Å². The molecule has 1 heterocycles. The lowest BCUT2D eigenvalue weighted by atomic mass is 9.92. The third-order valence-electron chi connectivity index (χ3n) is 3.84. The van der Waals surface area contributed by atoms with Gasteiger partial charge in [0.15, 0.2) is 5.78 Å². The molecule has 1 aliphatic carbocycles. The fourth-order valence-electron chi connectivity index (χ4n) is 2.66. The molecule has 2 rings (SSSR count). The Kier molecular flexibility index (Phi) is 3.62. The summed E-state index contributed by atoms with van der Waals surface area (Å²) in [4.78, 5) is 12.3. The number of hydrogen-bond donors (Lipinski definition) is 0. The Morgan fingerprint density at radius 1 is 1.53 bits per heavy atom. The molecule has 1 aromatic rings. The Morgan fingerprint density at radius 3 is 2.76 bits per heavy atom. The van der Waals surface area contributed by atoms with Gasteiger partial charge in [0.25, 0.3) is 0 Å². The van der Waals surface area contributed by atoms with Crippen LogP contribution in [0, 0.1) is 0 Å². The first-order chi connectivity index (χ1) is 8.18. The lowest BCUT2D eigenvalue weighted by Gasteiger charge is -2.25. The van der Waals surface area contributed by atoms with E-state index in [1.807, 2.05) is 17.8 Å². The molecule has 0 saturated heterocycles. The van der Waals surface area contributed by atoms with E-state index in [0.29, 0.717) is 6.42 Å². The molecule has 94 valence electrons. The number of carbonyl (C=O) groups is 1. The second-order valence-corrected chi connectivity index (χ2v) is 4.77. The van der Waals surface area contributed by atoms with Crippen molar-refractivity contribution in [1.82, 2.24) is 9.78 Å². The molecule has 0 radical (unpaired) electrons. The van der Waals surface area contributed by atoms with Crippen LogP contribution in [0.5, 0.6) is 0 Å². The maximum atomic E-state index is 12.3. The molecular formula is C13H20N2O2. The number of aromatic nitrogens is 2. The number of aryl methyl sites for hydroxylation is 2. The minimum absolute atomic E-state index is 0.249. The molecule has 1 aromatic heterocycles. The summed E-state index contributed by atoms with van der Waals surface area (Å²) in [6, 6.07) is 1.96. The van der Waals surface area contributed by atoms with Gasteiger partial charge in [0.2, 0.25) is 0 Å². The van der Waals surface area contributed by atoms with Crippen LogP contribution < -0.4 is 0 Å². The minimum atomic E-state index is -0.488. The SMILES string of the molecule is COC1(C(=O)CCc2ccnn2C)CCCC1. The predicted octanol–water partition coefficient (Wildman–Crippen LogP) is 1.88. The van der Waals surface area contributed by atoms with E-state index in [9.17, 15) is 4.79 Å². The first-order valence-electron chi connectivity index (χ1n) is 6.23. The van der Waals surface area contributed by atoms with Crippen molar-refractivity contribution in [2.75, 3.05) is 7.11 Å². The first kappa shape index (κ1) is 12.3. The van der Waals surface area contributed by atoms with E-state index in [0.717, 1.165) is 37.8 Å². The van der Waals surface area contributed by atoms with Gasteiger partial charge in [-0.2, -0.15) is 5.10 Å². The van der Waals surface area contributed by atoms with Crippen molar-refractivity contribution in [2.24, 2.45) is 7.05 Å². The van der Waals surface area contributed by atoms with Crippen molar-refractivity contribution in [3.05, 3.63) is 18.0 Å². The summed E-state index contributed by atoms with van der Waals surface area (Å²) in [7, 11) is 3.56. The fraction of sp³-hybridized carbons (Fsp3) is 0.692. The summed E-state index contributed by atoms with van der Waals surface area (Å²) in [6.07, 6.45) is 7.04. The summed E-state index contributed by atoms with van der Waals surface area (Å²) >= 11 is 0. The molecule has 0 N–H and O–H groups in total. The van der Waals surface area contributed by atoms with E-state index in [-0.39, 0.29) is 5.78 Å². The molecule has 0 amide bonds. The van der Waals surface area contributed by atoms with Gasteiger partial charge < -0.3 is 4.74 Å². The Balaban J connectivity index is 1.95. The molecule has 0 bridgehead atoms. The standard InChI is InChI=1S/C13H20N2O2/c1-15-11(7-10-14-15)5-6-12(16)13(17-2)8-3-4-9-13/h7,10H,3-6,8-9H2,1-2H3. The number of nitrogens with zero attached hydrogens (tertiary/aromatic N) is 2. The van der Waals surface area contributed by atoms with Crippen LogP contribution in [-0.2, 0) is 23.0 Å². The average Bonchev–Trinajstić information content (AvgIpc) is 2.95. The van der Waals surface area contributed by atoms with Crippen LogP contribution in [0.3, 0.4) is 0 Å². The summed E-state index contributed by atoms with van der Waals surface area (Å²) in [5, 5.41) is 4.10. The van der Waals surface area contributed by atoms with Crippen LogP contribution in [0.15, 0.2) is 12.3 Å². The minimum Gasteiger partial charge on any atom is -0.370 e. The molecule has 1 saturated carbocycles. The van der Waals surface area contributed by atoms with Gasteiger partial charge >= 0.3 is 0 Å². The molecule has 0 unspecified atom stereocenters. The van der Waals surface area contributed by atoms with Gasteiger partial charge in [-0.25, -0.2) is 0 Å². The van der Waals surface area contributed by atoms with Crippen molar-refractivity contribution >= 4 is 5.78 Å². The summed E-state index contributed by atoms with van der Waals surface area (Å²) in [6.45, 7) is 0. The van der Waals surface area contributed by atoms with Crippen LogP contribution in [0.1, 0.15) is 37.8 Å². The number of Topliss-reactive ketones (excluding diaryl/α,β-unsaturated/α-hetero) is 1. The number of ketones is 1. The lowest BCUT2D eigenvalue weighted by molar-refractivity contribution is -0.140. The van der Waals surface area contributed by atoms with Crippen molar-refractivity contribution in [3.63, 3.8) is 0 Å². The van der Waals surface area contributed by atoms with Crippen LogP contribution in [0.25, 0.3) is 0 Å². The van der Waals surface area contributed by atoms with E-state index in [2.05, 4.69) is 5.10 Å². The normalized spacial score (nSPS) is 18.5. The van der Waals surface area contributed by atoms with Crippen molar-refractivity contribution in [2.45, 2.75) is 44.1 Å². The zero-order valence-corrected chi connectivity index (χ0v) is 10.6. The molecule has 4 heteroatoms. The van der Waals surface area contributed by atoms with Gasteiger partial charge in [-0.15, -0.1) is 0 Å². The molecule has 1 fully saturated rings. The Hall–Kier alpha value is -1.16. The van der Waals surface area contributed by atoms with E-state index < -0.39 is 5.60 Å². The third kappa shape index (κ3) is 2.41.